The van der Waals surface area contributed by atoms with E-state index in [0.29, 0.717) is 5.82 Å². The number of nitrogens with one attached hydrogen (secondary N) is 1. The minimum Gasteiger partial charge on any atom is -0.319 e. The fourth-order valence-corrected chi connectivity index (χ4v) is 3.16. The summed E-state index contributed by atoms with van der Waals surface area (Å²) in [5.74, 6) is 0.428. The van der Waals surface area contributed by atoms with Gasteiger partial charge in [-0.05, 0) is 42.7 Å². The summed E-state index contributed by atoms with van der Waals surface area (Å²) in [5, 5.41) is 7.43. The molecule has 29 heavy (non-hydrogen) atoms. The third-order valence-electron chi connectivity index (χ3n) is 4.81. The van der Waals surface area contributed by atoms with Crippen molar-refractivity contribution in [1.82, 2.24) is 14.8 Å². The van der Waals surface area contributed by atoms with Gasteiger partial charge < -0.3 is 5.32 Å². The van der Waals surface area contributed by atoms with Crippen molar-refractivity contribution in [3.8, 4) is 17.1 Å². The maximum atomic E-state index is 12.8. The number of aryl methyl sites for hydroxylation is 2. The molecule has 0 saturated carbocycles. The van der Waals surface area contributed by atoms with E-state index in [2.05, 4.69) is 22.3 Å². The van der Waals surface area contributed by atoms with Gasteiger partial charge in [0.2, 0.25) is 5.82 Å². The second-order valence-electron chi connectivity index (χ2n) is 6.83. The number of anilines is 1. The van der Waals surface area contributed by atoms with Crippen molar-refractivity contribution in [1.29, 1.82) is 0 Å². The van der Waals surface area contributed by atoms with E-state index in [1.54, 1.807) is 4.68 Å². The molecule has 0 saturated heterocycles. The fourth-order valence-electron chi connectivity index (χ4n) is 3.16. The molecule has 4 rings (SSSR count). The number of carbonyl (C=O) groups is 1. The van der Waals surface area contributed by atoms with Crippen molar-refractivity contribution in [2.24, 2.45) is 0 Å². The van der Waals surface area contributed by atoms with Gasteiger partial charge in [-0.15, -0.1) is 5.10 Å². The summed E-state index contributed by atoms with van der Waals surface area (Å²) in [6.07, 6.45) is 0.955. The smallest absolute Gasteiger partial charge is 0.295 e. The standard InChI is InChI=1S/C24H22N4O/c1-3-18-13-15-20(16-14-18)25-24(29)22-26-23(19-10-5-4-6-11-19)28(27-22)21-12-8-7-9-17(21)2/h4-16H,3H2,1-2H3,(H,25,29). The second kappa shape index (κ2) is 8.10. The van der Waals surface area contributed by atoms with Crippen molar-refractivity contribution < 1.29 is 4.79 Å². The van der Waals surface area contributed by atoms with Crippen LogP contribution in [0.2, 0.25) is 0 Å². The summed E-state index contributed by atoms with van der Waals surface area (Å²) in [7, 11) is 0. The van der Waals surface area contributed by atoms with Crippen LogP contribution in [0.5, 0.6) is 0 Å². The number of amides is 1. The fraction of sp³-hybridized carbons (Fsp3) is 0.125. The van der Waals surface area contributed by atoms with Gasteiger partial charge in [-0.1, -0.05) is 67.6 Å². The normalized spacial score (nSPS) is 10.7. The van der Waals surface area contributed by atoms with E-state index in [1.807, 2.05) is 85.8 Å². The molecule has 0 fully saturated rings. The van der Waals surface area contributed by atoms with Crippen LogP contribution in [-0.2, 0) is 6.42 Å². The van der Waals surface area contributed by atoms with Crippen molar-refractivity contribution in [2.75, 3.05) is 5.32 Å². The molecule has 0 aliphatic carbocycles. The Kier molecular flexibility index (Phi) is 5.20. The average Bonchev–Trinajstić information content (AvgIpc) is 3.21. The molecule has 1 aromatic heterocycles. The zero-order chi connectivity index (χ0) is 20.2. The zero-order valence-electron chi connectivity index (χ0n) is 16.5. The molecule has 144 valence electrons. The molecule has 0 aliphatic heterocycles. The minimum absolute atomic E-state index is 0.131. The monoisotopic (exact) mass is 382 g/mol. The Balaban J connectivity index is 1.72. The summed E-state index contributed by atoms with van der Waals surface area (Å²) in [6, 6.07) is 25.5. The number of rotatable bonds is 5. The lowest BCUT2D eigenvalue weighted by atomic mass is 10.1. The predicted octanol–water partition coefficient (Wildman–Crippen LogP) is 5.06. The topological polar surface area (TPSA) is 59.8 Å². The third kappa shape index (κ3) is 3.94. The van der Waals surface area contributed by atoms with Crippen LogP contribution in [0.15, 0.2) is 78.9 Å². The van der Waals surface area contributed by atoms with Crippen molar-refractivity contribution in [3.05, 3.63) is 95.8 Å². The van der Waals surface area contributed by atoms with E-state index in [9.17, 15) is 4.79 Å². The highest BCUT2D eigenvalue weighted by atomic mass is 16.2. The number of aromatic nitrogens is 3. The molecule has 1 amide bonds. The zero-order valence-corrected chi connectivity index (χ0v) is 16.5. The SMILES string of the molecule is CCc1ccc(NC(=O)c2nc(-c3ccccc3)n(-c3ccccc3C)n2)cc1. The average molecular weight is 382 g/mol. The van der Waals surface area contributed by atoms with Crippen LogP contribution < -0.4 is 5.32 Å². The highest BCUT2D eigenvalue weighted by Gasteiger charge is 2.19. The van der Waals surface area contributed by atoms with Crippen LogP contribution in [0.3, 0.4) is 0 Å². The molecule has 1 N–H and O–H groups in total. The second-order valence-corrected chi connectivity index (χ2v) is 6.83. The van der Waals surface area contributed by atoms with Gasteiger partial charge in [-0.3, -0.25) is 4.79 Å². The number of nitrogens with zero attached hydrogens (tertiary/aromatic N) is 3. The molecule has 0 spiro atoms. The Bertz CT molecular complexity index is 1130. The van der Waals surface area contributed by atoms with Gasteiger partial charge in [-0.2, -0.15) is 0 Å². The van der Waals surface area contributed by atoms with Gasteiger partial charge in [0.25, 0.3) is 5.91 Å². The maximum absolute atomic E-state index is 12.8. The summed E-state index contributed by atoms with van der Waals surface area (Å²) >= 11 is 0. The van der Waals surface area contributed by atoms with E-state index in [-0.39, 0.29) is 11.7 Å². The van der Waals surface area contributed by atoms with E-state index >= 15 is 0 Å². The minimum atomic E-state index is -0.334. The largest absolute Gasteiger partial charge is 0.319 e. The number of benzene rings is 3. The molecular weight excluding hydrogens is 360 g/mol. The Hall–Kier alpha value is -3.73. The third-order valence-corrected chi connectivity index (χ3v) is 4.81. The first kappa shape index (κ1) is 18.6. The highest BCUT2D eigenvalue weighted by molar-refractivity contribution is 6.01. The Morgan fingerprint density at radius 3 is 2.31 bits per heavy atom. The molecule has 0 radical (unpaired) electrons. The Morgan fingerprint density at radius 1 is 0.931 bits per heavy atom. The van der Waals surface area contributed by atoms with Gasteiger partial charge in [0, 0.05) is 11.3 Å². The van der Waals surface area contributed by atoms with Crippen LogP contribution in [0.25, 0.3) is 17.1 Å². The quantitative estimate of drug-likeness (QED) is 0.525. The van der Waals surface area contributed by atoms with Gasteiger partial charge in [0.15, 0.2) is 5.82 Å². The molecule has 0 atom stereocenters. The lowest BCUT2D eigenvalue weighted by molar-refractivity contribution is 0.101. The van der Waals surface area contributed by atoms with Crippen LogP contribution >= 0.6 is 0 Å². The van der Waals surface area contributed by atoms with Crippen molar-refractivity contribution in [3.63, 3.8) is 0 Å². The lowest BCUT2D eigenvalue weighted by Crippen LogP contribution is -2.14. The van der Waals surface area contributed by atoms with Gasteiger partial charge in [0.1, 0.15) is 0 Å². The molecule has 4 aromatic rings. The van der Waals surface area contributed by atoms with Gasteiger partial charge >= 0.3 is 0 Å². The van der Waals surface area contributed by atoms with E-state index in [1.165, 1.54) is 5.56 Å². The summed E-state index contributed by atoms with van der Waals surface area (Å²) in [5.41, 5.74) is 4.79. The van der Waals surface area contributed by atoms with Gasteiger partial charge in [-0.25, -0.2) is 9.67 Å². The molecular formula is C24H22N4O. The number of para-hydroxylation sites is 1. The van der Waals surface area contributed by atoms with E-state index < -0.39 is 0 Å². The number of hydrogen-bond acceptors (Lipinski definition) is 3. The van der Waals surface area contributed by atoms with Crippen LogP contribution in [0.4, 0.5) is 5.69 Å². The van der Waals surface area contributed by atoms with Crippen LogP contribution in [0.1, 0.15) is 28.7 Å². The van der Waals surface area contributed by atoms with Gasteiger partial charge in [0.05, 0.1) is 5.69 Å². The molecule has 5 nitrogen and oxygen atoms in total. The summed E-state index contributed by atoms with van der Waals surface area (Å²) in [6.45, 7) is 4.11. The van der Waals surface area contributed by atoms with Crippen LogP contribution in [-0.4, -0.2) is 20.7 Å². The molecule has 0 aliphatic rings. The lowest BCUT2D eigenvalue weighted by Gasteiger charge is -2.08. The Labute approximate surface area is 170 Å². The summed E-state index contributed by atoms with van der Waals surface area (Å²) < 4.78 is 1.74. The summed E-state index contributed by atoms with van der Waals surface area (Å²) in [4.78, 5) is 17.4. The van der Waals surface area contributed by atoms with E-state index in [0.717, 1.165) is 28.9 Å². The van der Waals surface area contributed by atoms with Crippen molar-refractivity contribution >= 4 is 11.6 Å². The maximum Gasteiger partial charge on any atom is 0.295 e. The first-order chi connectivity index (χ1) is 14.2. The molecule has 5 heteroatoms. The molecule has 0 unspecified atom stereocenters. The number of carbonyl (C=O) groups excluding carboxylic acids is 1. The van der Waals surface area contributed by atoms with Crippen molar-refractivity contribution in [2.45, 2.75) is 20.3 Å². The first-order valence-corrected chi connectivity index (χ1v) is 9.64. The number of hydrogen-bond donors (Lipinski definition) is 1. The first-order valence-electron chi connectivity index (χ1n) is 9.64. The molecule has 1 heterocycles. The predicted molar refractivity (Wildman–Crippen MR) is 115 cm³/mol. The molecule has 3 aromatic carbocycles. The highest BCUT2D eigenvalue weighted by Crippen LogP contribution is 2.23. The Morgan fingerprint density at radius 2 is 1.62 bits per heavy atom. The van der Waals surface area contributed by atoms with Crippen LogP contribution in [0, 0.1) is 6.92 Å². The molecule has 0 bridgehead atoms. The van der Waals surface area contributed by atoms with E-state index in [4.69, 9.17) is 0 Å².